The number of unbranched alkanes of at least 4 members (excludes halogenated alkanes) is 3. The highest BCUT2D eigenvalue weighted by Crippen LogP contribution is 2.29. The van der Waals surface area contributed by atoms with E-state index in [-0.39, 0.29) is 12.2 Å². The van der Waals surface area contributed by atoms with Crippen LogP contribution in [0.5, 0.6) is 0 Å². The maximum absolute atomic E-state index is 12.6. The van der Waals surface area contributed by atoms with Gasteiger partial charge in [-0.15, -0.1) is 0 Å². The molecule has 3 nitrogen and oxygen atoms in total. The molecule has 0 saturated carbocycles. The minimum absolute atomic E-state index is 0.0115. The second-order valence-corrected chi connectivity index (χ2v) is 7.74. The van der Waals surface area contributed by atoms with Crippen LogP contribution in [0.4, 0.5) is 13.2 Å². The Kier molecular flexibility index (Phi) is 10.0. The lowest BCUT2D eigenvalue weighted by atomic mass is 10.0. The van der Waals surface area contributed by atoms with Crippen molar-refractivity contribution in [3.63, 3.8) is 0 Å². The Morgan fingerprint density at radius 3 is 1.81 bits per heavy atom. The van der Waals surface area contributed by atoms with E-state index in [1.54, 1.807) is 12.1 Å². The lowest BCUT2D eigenvalue weighted by Gasteiger charge is -2.36. The van der Waals surface area contributed by atoms with Crippen molar-refractivity contribution in [3.05, 3.63) is 35.4 Å². The van der Waals surface area contributed by atoms with E-state index < -0.39 is 17.7 Å². The summed E-state index contributed by atoms with van der Waals surface area (Å²) in [5.74, 6) is -0.956. The van der Waals surface area contributed by atoms with Crippen molar-refractivity contribution >= 4 is 10.5 Å². The second-order valence-electron chi connectivity index (χ2n) is 7.33. The van der Waals surface area contributed by atoms with Gasteiger partial charge in [0.1, 0.15) is 0 Å². The predicted molar refractivity (Wildman–Crippen MR) is 104 cm³/mol. The molecule has 0 heterocycles. The summed E-state index contributed by atoms with van der Waals surface area (Å²) >= 11 is 0. The number of benzene rings is 1. The van der Waals surface area contributed by atoms with Gasteiger partial charge in [0.05, 0.1) is 17.8 Å². The summed E-state index contributed by atoms with van der Waals surface area (Å²) < 4.78 is 55.2. The van der Waals surface area contributed by atoms with Crippen LogP contribution in [-0.4, -0.2) is 28.7 Å². The van der Waals surface area contributed by atoms with Gasteiger partial charge in [0, 0.05) is 6.42 Å². The quantitative estimate of drug-likeness (QED) is 0.278. The second kappa shape index (κ2) is 11.2. The van der Waals surface area contributed by atoms with E-state index in [4.69, 9.17) is 13.9 Å². The van der Waals surface area contributed by atoms with Crippen LogP contribution in [0.2, 0.25) is 0 Å². The van der Waals surface area contributed by atoms with Crippen LogP contribution in [0, 0.1) is 0 Å². The van der Waals surface area contributed by atoms with Crippen LogP contribution in [0.1, 0.15) is 70.9 Å². The fourth-order valence-corrected chi connectivity index (χ4v) is 3.34. The number of ether oxygens (including phenoxy) is 2. The van der Waals surface area contributed by atoms with Crippen molar-refractivity contribution in [1.82, 2.24) is 0 Å². The summed E-state index contributed by atoms with van der Waals surface area (Å²) in [6.45, 7) is 7.85. The van der Waals surface area contributed by atoms with Gasteiger partial charge in [-0.25, -0.2) is 0 Å². The van der Waals surface area contributed by atoms with E-state index in [9.17, 15) is 13.2 Å². The van der Waals surface area contributed by atoms with E-state index in [1.807, 2.05) is 27.7 Å². The smallest absolute Gasteiger partial charge is 0.380 e. The van der Waals surface area contributed by atoms with Crippen LogP contribution in [0.15, 0.2) is 24.3 Å². The molecule has 0 aliphatic rings. The molecule has 156 valence electrons. The molecule has 0 spiro atoms. The average Bonchev–Trinajstić information content (AvgIpc) is 2.56. The number of rotatable bonds is 12. The van der Waals surface area contributed by atoms with Gasteiger partial charge in [0.25, 0.3) is 5.97 Å². The first-order valence-corrected chi connectivity index (χ1v) is 10.5. The normalized spacial score (nSPS) is 13.1. The molecule has 0 atom stereocenters. The fourth-order valence-electron chi connectivity index (χ4n) is 2.95. The van der Waals surface area contributed by atoms with Crippen LogP contribution in [0.3, 0.4) is 0 Å². The lowest BCUT2D eigenvalue weighted by Crippen LogP contribution is -2.42. The molecular formula is C20H33F3O3Si. The van der Waals surface area contributed by atoms with Crippen LogP contribution < -0.4 is 0 Å². The standard InChI is InChI=1S/C20H33F3O3Si/c1-15(2)24-19(26-27,25-16(3)4)14-8-6-5-7-9-17-10-12-18(13-11-17)20(21,22)23/h10-13,15-16H,5-9,14H2,1-4,27H3. The molecule has 0 bridgehead atoms. The van der Waals surface area contributed by atoms with Crippen molar-refractivity contribution < 1.29 is 27.1 Å². The first-order valence-electron chi connectivity index (χ1n) is 9.65. The zero-order chi connectivity index (χ0) is 20.5. The van der Waals surface area contributed by atoms with Crippen molar-refractivity contribution in [2.75, 3.05) is 0 Å². The third-order valence-corrected chi connectivity index (χ3v) is 4.74. The molecule has 0 saturated heterocycles. The molecule has 7 heteroatoms. The first-order chi connectivity index (χ1) is 12.6. The first kappa shape index (κ1) is 24.1. The largest absolute Gasteiger partial charge is 0.416 e. The van der Waals surface area contributed by atoms with Crippen LogP contribution >= 0.6 is 0 Å². The SMILES string of the molecule is CC(C)OC(CCCCCCc1ccc(C(F)(F)F)cc1)(O[SiH3])OC(C)C. The van der Waals surface area contributed by atoms with Gasteiger partial charge in [-0.3, -0.25) is 0 Å². The summed E-state index contributed by atoms with van der Waals surface area (Å²) in [5, 5.41) is 0. The Bertz CT molecular complexity index is 520. The highest BCUT2D eigenvalue weighted by molar-refractivity contribution is 5.98. The van der Waals surface area contributed by atoms with Gasteiger partial charge < -0.3 is 13.9 Å². The number of halogens is 3. The molecule has 0 N–H and O–H groups in total. The zero-order valence-corrected chi connectivity index (χ0v) is 19.1. The minimum Gasteiger partial charge on any atom is -0.380 e. The maximum atomic E-state index is 12.6. The number of hydrogen-bond acceptors (Lipinski definition) is 3. The zero-order valence-electron chi connectivity index (χ0n) is 17.1. The van der Waals surface area contributed by atoms with Gasteiger partial charge >= 0.3 is 6.18 Å². The van der Waals surface area contributed by atoms with E-state index in [0.717, 1.165) is 49.8 Å². The highest BCUT2D eigenvalue weighted by atomic mass is 28.2. The maximum Gasteiger partial charge on any atom is 0.416 e. The Hall–Kier alpha value is -0.893. The predicted octanol–water partition coefficient (Wildman–Crippen LogP) is 5.00. The molecule has 0 aliphatic heterocycles. The summed E-state index contributed by atoms with van der Waals surface area (Å²) in [5.41, 5.74) is 0.340. The molecule has 0 aliphatic carbocycles. The van der Waals surface area contributed by atoms with Gasteiger partial charge in [-0.05, 0) is 64.7 Å². The Labute approximate surface area is 164 Å². The third kappa shape index (κ3) is 9.23. The summed E-state index contributed by atoms with van der Waals surface area (Å²) in [6.07, 6.45) is 1.06. The molecule has 27 heavy (non-hydrogen) atoms. The minimum atomic E-state index is -4.27. The Balaban J connectivity index is 2.37. The molecular weight excluding hydrogens is 373 g/mol. The van der Waals surface area contributed by atoms with Crippen LogP contribution in [-0.2, 0) is 26.5 Å². The molecule has 0 fully saturated rings. The van der Waals surface area contributed by atoms with Gasteiger partial charge in [-0.1, -0.05) is 25.0 Å². The van der Waals surface area contributed by atoms with E-state index in [2.05, 4.69) is 0 Å². The summed E-state index contributed by atoms with van der Waals surface area (Å²) in [6, 6.07) is 5.43. The average molecular weight is 407 g/mol. The third-order valence-electron chi connectivity index (χ3n) is 4.12. The number of aryl methyl sites for hydroxylation is 1. The van der Waals surface area contributed by atoms with Gasteiger partial charge in [0.2, 0.25) is 0 Å². The van der Waals surface area contributed by atoms with Gasteiger partial charge in [0.15, 0.2) is 10.5 Å². The molecule has 0 radical (unpaired) electrons. The number of alkyl halides is 3. The summed E-state index contributed by atoms with van der Waals surface area (Å²) in [7, 11) is 0.526. The molecule has 0 amide bonds. The van der Waals surface area contributed by atoms with E-state index in [0.29, 0.717) is 16.9 Å². The topological polar surface area (TPSA) is 27.7 Å². The number of hydrogen-bond donors (Lipinski definition) is 0. The molecule has 0 unspecified atom stereocenters. The highest BCUT2D eigenvalue weighted by Gasteiger charge is 2.33. The molecule has 0 aromatic heterocycles. The van der Waals surface area contributed by atoms with E-state index >= 15 is 0 Å². The molecule has 1 aromatic rings. The Morgan fingerprint density at radius 2 is 1.37 bits per heavy atom. The van der Waals surface area contributed by atoms with Crippen LogP contribution in [0.25, 0.3) is 0 Å². The molecule has 1 aromatic carbocycles. The lowest BCUT2D eigenvalue weighted by molar-refractivity contribution is -0.369. The monoisotopic (exact) mass is 406 g/mol. The van der Waals surface area contributed by atoms with Crippen molar-refractivity contribution in [3.8, 4) is 0 Å². The van der Waals surface area contributed by atoms with Crippen molar-refractivity contribution in [2.45, 2.75) is 90.6 Å². The van der Waals surface area contributed by atoms with Gasteiger partial charge in [-0.2, -0.15) is 13.2 Å². The van der Waals surface area contributed by atoms with E-state index in [1.165, 1.54) is 0 Å². The van der Waals surface area contributed by atoms with Crippen molar-refractivity contribution in [1.29, 1.82) is 0 Å². The van der Waals surface area contributed by atoms with Crippen molar-refractivity contribution in [2.24, 2.45) is 0 Å². The fraction of sp³-hybridized carbons (Fsp3) is 0.700. The summed E-state index contributed by atoms with van der Waals surface area (Å²) in [4.78, 5) is 0. The Morgan fingerprint density at radius 1 is 0.852 bits per heavy atom. The molecule has 1 rings (SSSR count).